The lowest BCUT2D eigenvalue weighted by Gasteiger charge is -2.14. The molecule has 0 saturated heterocycles. The van der Waals surface area contributed by atoms with E-state index in [1.807, 2.05) is 24.2 Å². The first-order chi connectivity index (χ1) is 12.0. The van der Waals surface area contributed by atoms with Crippen molar-refractivity contribution >= 4 is 27.7 Å². The number of nitrogens with zero attached hydrogens (tertiary/aromatic N) is 2. The molecule has 0 aliphatic carbocycles. The van der Waals surface area contributed by atoms with Crippen molar-refractivity contribution in [3.8, 4) is 0 Å². The minimum Gasteiger partial charge on any atom is -0.335 e. The molecule has 0 aliphatic heterocycles. The van der Waals surface area contributed by atoms with E-state index in [0.717, 1.165) is 11.0 Å². The third kappa shape index (κ3) is 4.01. The standard InChI is InChI=1S/C21H23BrN2S/c1-14(2)20-15(3)16(4)24(13-17-8-10-23-11-9-17)21(20)25-19-7-5-6-18(22)12-19/h5-12,14H,13H2,1-4H3. The molecule has 0 atom stereocenters. The van der Waals surface area contributed by atoms with Gasteiger partial charge >= 0.3 is 0 Å². The first kappa shape index (κ1) is 18.3. The van der Waals surface area contributed by atoms with Crippen LogP contribution < -0.4 is 0 Å². The molecule has 0 radical (unpaired) electrons. The summed E-state index contributed by atoms with van der Waals surface area (Å²) in [6.07, 6.45) is 3.73. The van der Waals surface area contributed by atoms with Gasteiger partial charge in [0.2, 0.25) is 0 Å². The molecule has 0 bridgehead atoms. The highest BCUT2D eigenvalue weighted by atomic mass is 79.9. The highest BCUT2D eigenvalue weighted by Gasteiger charge is 2.21. The van der Waals surface area contributed by atoms with Crippen LogP contribution in [-0.4, -0.2) is 9.55 Å². The molecule has 3 rings (SSSR count). The third-order valence-corrected chi connectivity index (χ3v) is 6.12. The molecule has 0 amide bonds. The van der Waals surface area contributed by atoms with Gasteiger partial charge in [-0.1, -0.05) is 47.6 Å². The van der Waals surface area contributed by atoms with Gasteiger partial charge in [0.1, 0.15) is 0 Å². The summed E-state index contributed by atoms with van der Waals surface area (Å²) in [7, 11) is 0. The zero-order valence-corrected chi connectivity index (χ0v) is 17.5. The summed E-state index contributed by atoms with van der Waals surface area (Å²) in [4.78, 5) is 5.40. The van der Waals surface area contributed by atoms with Gasteiger partial charge in [-0.25, -0.2) is 0 Å². The maximum Gasteiger partial charge on any atom is 0.0839 e. The Hall–Kier alpha value is -1.52. The van der Waals surface area contributed by atoms with Gasteiger partial charge in [0.25, 0.3) is 0 Å². The first-order valence-corrected chi connectivity index (χ1v) is 10.1. The molecule has 0 aliphatic rings. The van der Waals surface area contributed by atoms with Crippen LogP contribution in [0.5, 0.6) is 0 Å². The topological polar surface area (TPSA) is 17.8 Å². The van der Waals surface area contributed by atoms with Crippen molar-refractivity contribution in [3.05, 3.63) is 75.6 Å². The van der Waals surface area contributed by atoms with E-state index < -0.39 is 0 Å². The van der Waals surface area contributed by atoms with E-state index in [9.17, 15) is 0 Å². The number of halogens is 1. The SMILES string of the molecule is Cc1c(C(C)C)c(Sc2cccc(Br)c2)n(Cc2ccncc2)c1C. The summed E-state index contributed by atoms with van der Waals surface area (Å²) in [5.74, 6) is 0.493. The molecule has 0 N–H and O–H groups in total. The first-order valence-electron chi connectivity index (χ1n) is 8.49. The number of hydrogen-bond acceptors (Lipinski definition) is 2. The van der Waals surface area contributed by atoms with Crippen molar-refractivity contribution in [3.63, 3.8) is 0 Å². The smallest absolute Gasteiger partial charge is 0.0839 e. The largest absolute Gasteiger partial charge is 0.335 e. The molecule has 2 heterocycles. The molecule has 2 nitrogen and oxygen atoms in total. The van der Waals surface area contributed by atoms with Crippen LogP contribution in [0.3, 0.4) is 0 Å². The average molecular weight is 415 g/mol. The molecular formula is C21H23BrN2S. The van der Waals surface area contributed by atoms with Crippen LogP contribution in [-0.2, 0) is 6.54 Å². The summed E-state index contributed by atoms with van der Waals surface area (Å²) in [6, 6.07) is 12.7. The molecule has 0 fully saturated rings. The average Bonchev–Trinajstić information content (AvgIpc) is 2.80. The second-order valence-corrected chi connectivity index (χ2v) is 8.56. The number of pyridine rings is 1. The van der Waals surface area contributed by atoms with Crippen molar-refractivity contribution in [2.45, 2.75) is 50.1 Å². The molecule has 0 saturated carbocycles. The van der Waals surface area contributed by atoms with Crippen LogP contribution in [0, 0.1) is 13.8 Å². The Balaban J connectivity index is 2.08. The summed E-state index contributed by atoms with van der Waals surface area (Å²) in [6.45, 7) is 9.91. The van der Waals surface area contributed by atoms with Gasteiger partial charge in [-0.2, -0.15) is 0 Å². The summed E-state index contributed by atoms with van der Waals surface area (Å²) in [5, 5.41) is 1.35. The Kier molecular flexibility index (Phi) is 5.70. The van der Waals surface area contributed by atoms with Crippen LogP contribution in [0.1, 0.15) is 42.1 Å². The Labute approximate surface area is 162 Å². The van der Waals surface area contributed by atoms with E-state index >= 15 is 0 Å². The van der Waals surface area contributed by atoms with Gasteiger partial charge in [-0.15, -0.1) is 0 Å². The Morgan fingerprint density at radius 1 is 1.12 bits per heavy atom. The number of aromatic nitrogens is 2. The summed E-state index contributed by atoms with van der Waals surface area (Å²) in [5.41, 5.74) is 5.48. The third-order valence-electron chi connectivity index (χ3n) is 4.51. The Morgan fingerprint density at radius 3 is 2.48 bits per heavy atom. The van der Waals surface area contributed by atoms with Crippen molar-refractivity contribution in [2.24, 2.45) is 0 Å². The normalized spacial score (nSPS) is 11.3. The van der Waals surface area contributed by atoms with E-state index in [-0.39, 0.29) is 0 Å². The van der Waals surface area contributed by atoms with Gasteiger partial charge in [0, 0.05) is 34.0 Å². The van der Waals surface area contributed by atoms with Crippen LogP contribution in [0.2, 0.25) is 0 Å². The molecule has 0 spiro atoms. The van der Waals surface area contributed by atoms with Crippen LogP contribution in [0.25, 0.3) is 0 Å². The lowest BCUT2D eigenvalue weighted by atomic mass is 10.0. The Bertz CT molecular complexity index is 869. The Morgan fingerprint density at radius 2 is 1.84 bits per heavy atom. The monoisotopic (exact) mass is 414 g/mol. The summed E-state index contributed by atoms with van der Waals surface area (Å²) >= 11 is 5.44. The van der Waals surface area contributed by atoms with E-state index in [4.69, 9.17) is 0 Å². The molecule has 0 unspecified atom stereocenters. The molecule has 1 aromatic carbocycles. The molecular weight excluding hydrogens is 392 g/mol. The molecule has 4 heteroatoms. The lowest BCUT2D eigenvalue weighted by molar-refractivity contribution is 0.689. The van der Waals surface area contributed by atoms with E-state index in [1.54, 1.807) is 0 Å². The lowest BCUT2D eigenvalue weighted by Crippen LogP contribution is -2.04. The maximum atomic E-state index is 4.14. The van der Waals surface area contributed by atoms with E-state index in [2.05, 4.69) is 89.6 Å². The van der Waals surface area contributed by atoms with Gasteiger partial charge in [-0.05, 0) is 66.8 Å². The second-order valence-electron chi connectivity index (χ2n) is 6.58. The van der Waals surface area contributed by atoms with Crippen molar-refractivity contribution < 1.29 is 0 Å². The van der Waals surface area contributed by atoms with Crippen molar-refractivity contribution in [1.82, 2.24) is 9.55 Å². The fraction of sp³-hybridized carbons (Fsp3) is 0.286. The number of benzene rings is 1. The minimum absolute atomic E-state index is 0.493. The van der Waals surface area contributed by atoms with Crippen LogP contribution >= 0.6 is 27.7 Å². The van der Waals surface area contributed by atoms with E-state index in [0.29, 0.717) is 5.92 Å². The molecule has 2 aromatic heterocycles. The van der Waals surface area contributed by atoms with Gasteiger partial charge in [-0.3, -0.25) is 4.98 Å². The number of rotatable bonds is 5. The van der Waals surface area contributed by atoms with Crippen molar-refractivity contribution in [1.29, 1.82) is 0 Å². The van der Waals surface area contributed by atoms with Crippen LogP contribution in [0.4, 0.5) is 0 Å². The quantitative estimate of drug-likeness (QED) is 0.468. The highest BCUT2D eigenvalue weighted by Crippen LogP contribution is 2.40. The number of hydrogen-bond donors (Lipinski definition) is 0. The second kappa shape index (κ2) is 7.79. The fourth-order valence-corrected chi connectivity index (χ4v) is 5.07. The highest BCUT2D eigenvalue weighted by molar-refractivity contribution is 9.10. The summed E-state index contributed by atoms with van der Waals surface area (Å²) < 4.78 is 3.57. The zero-order valence-electron chi connectivity index (χ0n) is 15.1. The molecule has 25 heavy (non-hydrogen) atoms. The fourth-order valence-electron chi connectivity index (χ4n) is 3.15. The van der Waals surface area contributed by atoms with Gasteiger partial charge in [0.15, 0.2) is 0 Å². The predicted molar refractivity (Wildman–Crippen MR) is 110 cm³/mol. The minimum atomic E-state index is 0.493. The molecule has 130 valence electrons. The van der Waals surface area contributed by atoms with Gasteiger partial charge < -0.3 is 4.57 Å². The zero-order chi connectivity index (χ0) is 18.0. The van der Waals surface area contributed by atoms with Gasteiger partial charge in [0.05, 0.1) is 5.03 Å². The maximum absolute atomic E-state index is 4.14. The predicted octanol–water partition coefficient (Wildman–Crippen LogP) is 6.59. The van der Waals surface area contributed by atoms with E-state index in [1.165, 1.54) is 32.3 Å². The molecule has 3 aromatic rings. The van der Waals surface area contributed by atoms with Crippen LogP contribution in [0.15, 0.2) is 63.2 Å². The van der Waals surface area contributed by atoms with Crippen molar-refractivity contribution in [2.75, 3.05) is 0 Å².